The fourth-order valence-corrected chi connectivity index (χ4v) is 2.94. The van der Waals surface area contributed by atoms with Gasteiger partial charge in [0.25, 0.3) is 0 Å². The summed E-state index contributed by atoms with van der Waals surface area (Å²) >= 11 is 0. The zero-order chi connectivity index (χ0) is 16.8. The van der Waals surface area contributed by atoms with E-state index in [0.29, 0.717) is 19.1 Å². The van der Waals surface area contributed by atoms with Crippen LogP contribution in [0.2, 0.25) is 0 Å². The van der Waals surface area contributed by atoms with Crippen LogP contribution < -0.4 is 5.32 Å². The lowest BCUT2D eigenvalue weighted by atomic mass is 9.89. The number of hydrogen-bond donors (Lipinski definition) is 1. The van der Waals surface area contributed by atoms with Crippen molar-refractivity contribution >= 4 is 11.9 Å². The van der Waals surface area contributed by atoms with E-state index in [0.717, 1.165) is 32.4 Å². The molecule has 1 N–H and O–H groups in total. The second-order valence-electron chi connectivity index (χ2n) is 7.31. The van der Waals surface area contributed by atoms with Crippen LogP contribution in [0.5, 0.6) is 0 Å². The Balaban J connectivity index is 2.64. The first-order valence-electron chi connectivity index (χ1n) is 8.45. The second kappa shape index (κ2) is 8.51. The number of nitrogens with one attached hydrogen (secondary N) is 1. The van der Waals surface area contributed by atoms with E-state index in [1.54, 1.807) is 0 Å². The first-order chi connectivity index (χ1) is 10.3. The van der Waals surface area contributed by atoms with Gasteiger partial charge in [-0.3, -0.25) is 14.5 Å². The minimum absolute atomic E-state index is 0.0748. The predicted octanol–water partition coefficient (Wildman–Crippen LogP) is 2.20. The average Bonchev–Trinajstić information content (AvgIpc) is 2.37. The lowest BCUT2D eigenvalue weighted by Gasteiger charge is -2.38. The quantitative estimate of drug-likeness (QED) is 0.764. The Bertz CT molecular complexity index is 377. The van der Waals surface area contributed by atoms with Crippen molar-refractivity contribution in [2.45, 2.75) is 59.9 Å². The lowest BCUT2D eigenvalue weighted by Crippen LogP contribution is -2.53. The van der Waals surface area contributed by atoms with Gasteiger partial charge in [0.1, 0.15) is 0 Å². The fraction of sp³-hybridized carbons (Fsp3) is 0.882. The van der Waals surface area contributed by atoms with Gasteiger partial charge in [-0.15, -0.1) is 0 Å². The van der Waals surface area contributed by atoms with Crippen LogP contribution in [-0.4, -0.2) is 49.1 Å². The van der Waals surface area contributed by atoms with Crippen molar-refractivity contribution in [3.8, 4) is 0 Å². The summed E-state index contributed by atoms with van der Waals surface area (Å²) in [5.41, 5.74) is -0.385. The van der Waals surface area contributed by atoms with Gasteiger partial charge in [-0.2, -0.15) is 0 Å². The molecule has 1 heterocycles. The van der Waals surface area contributed by atoms with Crippen molar-refractivity contribution < 1.29 is 14.3 Å². The maximum absolute atomic E-state index is 12.2. The number of nitrogens with zero attached hydrogens (tertiary/aromatic N) is 1. The number of ether oxygens (including phenoxy) is 1. The maximum atomic E-state index is 12.2. The van der Waals surface area contributed by atoms with Gasteiger partial charge in [0, 0.05) is 24.5 Å². The van der Waals surface area contributed by atoms with Gasteiger partial charge in [0.15, 0.2) is 0 Å². The molecule has 0 radical (unpaired) electrons. The summed E-state index contributed by atoms with van der Waals surface area (Å²) in [4.78, 5) is 26.0. The summed E-state index contributed by atoms with van der Waals surface area (Å²) in [5, 5.41) is 3.15. The minimum atomic E-state index is -0.385. The lowest BCUT2D eigenvalue weighted by molar-refractivity contribution is -0.145. The Morgan fingerprint density at radius 3 is 2.45 bits per heavy atom. The Labute approximate surface area is 134 Å². The van der Waals surface area contributed by atoms with Crippen molar-refractivity contribution in [3.63, 3.8) is 0 Å². The van der Waals surface area contributed by atoms with E-state index >= 15 is 0 Å². The standard InChI is InChI=1S/C17H32N2O3/c1-6-8-13-9-14(18-16(21)17(3,4)5)11-19(10-13)12-15(20)22-7-2/h13-14H,6-12H2,1-5H3,(H,18,21). The molecular formula is C17H32N2O3. The van der Waals surface area contributed by atoms with E-state index in [1.807, 2.05) is 27.7 Å². The number of amides is 1. The number of carbonyl (C=O) groups is 2. The molecule has 0 bridgehead atoms. The van der Waals surface area contributed by atoms with Gasteiger partial charge >= 0.3 is 5.97 Å². The number of hydrogen-bond acceptors (Lipinski definition) is 4. The zero-order valence-corrected chi connectivity index (χ0v) is 14.8. The molecule has 0 aliphatic carbocycles. The summed E-state index contributed by atoms with van der Waals surface area (Å²) in [6.45, 7) is 12.1. The Hall–Kier alpha value is -1.10. The molecule has 0 aromatic rings. The van der Waals surface area contributed by atoms with Crippen LogP contribution >= 0.6 is 0 Å². The Morgan fingerprint density at radius 2 is 1.91 bits per heavy atom. The number of piperidine rings is 1. The average molecular weight is 312 g/mol. The van der Waals surface area contributed by atoms with Gasteiger partial charge < -0.3 is 10.1 Å². The number of esters is 1. The smallest absolute Gasteiger partial charge is 0.320 e. The molecule has 5 heteroatoms. The van der Waals surface area contributed by atoms with E-state index in [9.17, 15) is 9.59 Å². The monoisotopic (exact) mass is 312 g/mol. The van der Waals surface area contributed by atoms with Gasteiger partial charge in [-0.1, -0.05) is 34.1 Å². The van der Waals surface area contributed by atoms with Crippen LogP contribution in [0.25, 0.3) is 0 Å². The van der Waals surface area contributed by atoms with Crippen LogP contribution in [0.15, 0.2) is 0 Å². The van der Waals surface area contributed by atoms with Crippen LogP contribution in [-0.2, 0) is 14.3 Å². The Kier molecular flexibility index (Phi) is 7.33. The van der Waals surface area contributed by atoms with Gasteiger partial charge in [0.05, 0.1) is 13.2 Å². The third kappa shape index (κ3) is 6.34. The highest BCUT2D eigenvalue weighted by Gasteiger charge is 2.31. The summed E-state index contributed by atoms with van der Waals surface area (Å²) in [6.07, 6.45) is 3.24. The Morgan fingerprint density at radius 1 is 1.23 bits per heavy atom. The highest BCUT2D eigenvalue weighted by molar-refractivity contribution is 5.81. The summed E-state index contributed by atoms with van der Waals surface area (Å²) in [5.74, 6) is 0.421. The van der Waals surface area contributed by atoms with Crippen molar-refractivity contribution in [1.82, 2.24) is 10.2 Å². The molecule has 0 spiro atoms. The highest BCUT2D eigenvalue weighted by atomic mass is 16.5. The fourth-order valence-electron chi connectivity index (χ4n) is 2.94. The zero-order valence-electron chi connectivity index (χ0n) is 14.8. The van der Waals surface area contributed by atoms with Crippen molar-refractivity contribution in [2.75, 3.05) is 26.2 Å². The molecule has 1 amide bonds. The molecule has 0 aromatic carbocycles. The SMILES string of the molecule is CCCC1CC(NC(=O)C(C)(C)C)CN(CC(=O)OCC)C1. The first-order valence-corrected chi connectivity index (χ1v) is 8.45. The molecule has 2 atom stereocenters. The van der Waals surface area contributed by atoms with E-state index in [2.05, 4.69) is 17.1 Å². The van der Waals surface area contributed by atoms with Gasteiger partial charge in [-0.05, 0) is 25.7 Å². The van der Waals surface area contributed by atoms with E-state index in [-0.39, 0.29) is 23.3 Å². The van der Waals surface area contributed by atoms with E-state index < -0.39 is 0 Å². The van der Waals surface area contributed by atoms with E-state index in [4.69, 9.17) is 4.74 Å². The third-order valence-electron chi connectivity index (χ3n) is 3.98. The molecule has 5 nitrogen and oxygen atoms in total. The van der Waals surface area contributed by atoms with Crippen LogP contribution in [0.4, 0.5) is 0 Å². The molecule has 1 saturated heterocycles. The summed E-state index contributed by atoms with van der Waals surface area (Å²) in [6, 6.07) is 0.117. The molecule has 1 rings (SSSR count). The summed E-state index contributed by atoms with van der Waals surface area (Å²) in [7, 11) is 0. The molecule has 1 fully saturated rings. The van der Waals surface area contributed by atoms with Crippen molar-refractivity contribution in [3.05, 3.63) is 0 Å². The third-order valence-corrected chi connectivity index (χ3v) is 3.98. The first kappa shape index (κ1) is 18.9. The maximum Gasteiger partial charge on any atom is 0.320 e. The molecule has 0 saturated carbocycles. The van der Waals surface area contributed by atoms with Gasteiger partial charge in [0.2, 0.25) is 5.91 Å². The normalized spacial score (nSPS) is 23.1. The predicted molar refractivity (Wildman–Crippen MR) is 87.5 cm³/mol. The van der Waals surface area contributed by atoms with Crippen LogP contribution in [0.3, 0.4) is 0 Å². The minimum Gasteiger partial charge on any atom is -0.465 e. The molecule has 1 aliphatic heterocycles. The largest absolute Gasteiger partial charge is 0.465 e. The molecular weight excluding hydrogens is 280 g/mol. The van der Waals surface area contributed by atoms with Crippen LogP contribution in [0, 0.1) is 11.3 Å². The van der Waals surface area contributed by atoms with Crippen molar-refractivity contribution in [2.24, 2.45) is 11.3 Å². The molecule has 1 aliphatic rings. The topological polar surface area (TPSA) is 58.6 Å². The van der Waals surface area contributed by atoms with E-state index in [1.165, 1.54) is 0 Å². The number of carbonyl (C=O) groups excluding carboxylic acids is 2. The summed E-state index contributed by atoms with van der Waals surface area (Å²) < 4.78 is 5.04. The van der Waals surface area contributed by atoms with Crippen LogP contribution in [0.1, 0.15) is 53.9 Å². The molecule has 2 unspecified atom stereocenters. The van der Waals surface area contributed by atoms with Gasteiger partial charge in [-0.25, -0.2) is 0 Å². The number of likely N-dealkylation sites (tertiary alicyclic amines) is 1. The second-order valence-corrected chi connectivity index (χ2v) is 7.31. The molecule has 22 heavy (non-hydrogen) atoms. The molecule has 128 valence electrons. The number of rotatable bonds is 6. The molecule has 0 aromatic heterocycles. The van der Waals surface area contributed by atoms with Crippen molar-refractivity contribution in [1.29, 1.82) is 0 Å². The highest BCUT2D eigenvalue weighted by Crippen LogP contribution is 2.22.